The van der Waals surface area contributed by atoms with E-state index < -0.39 is 0 Å². The van der Waals surface area contributed by atoms with Crippen molar-refractivity contribution in [3.05, 3.63) is 170 Å². The molecule has 0 saturated heterocycles. The predicted octanol–water partition coefficient (Wildman–Crippen LogP) is 11.5. The summed E-state index contributed by atoms with van der Waals surface area (Å²) in [6.45, 7) is 0. The number of para-hydroxylation sites is 3. The van der Waals surface area contributed by atoms with E-state index in [2.05, 4.69) is 114 Å². The van der Waals surface area contributed by atoms with Gasteiger partial charge in [-0.15, -0.1) is 0 Å². The molecule has 3 aromatic heterocycles. The van der Waals surface area contributed by atoms with Crippen molar-refractivity contribution in [3.63, 3.8) is 0 Å². The van der Waals surface area contributed by atoms with Crippen LogP contribution in [0.2, 0.25) is 0 Å². The van der Waals surface area contributed by atoms with E-state index in [1.807, 2.05) is 60.7 Å². The fraction of sp³-hybridized carbons (Fsp3) is 0. The maximum atomic E-state index is 6.26. The van der Waals surface area contributed by atoms with Crippen LogP contribution in [0.25, 0.3) is 94.7 Å². The summed E-state index contributed by atoms with van der Waals surface area (Å²) in [5.41, 5.74) is 9.84. The predicted molar refractivity (Wildman–Crippen MR) is 203 cm³/mol. The zero-order chi connectivity index (χ0) is 33.0. The highest BCUT2D eigenvalue weighted by atomic mass is 16.3. The fourth-order valence-electron chi connectivity index (χ4n) is 7.08. The molecule has 0 aliphatic heterocycles. The Kier molecular flexibility index (Phi) is 6.42. The van der Waals surface area contributed by atoms with Gasteiger partial charge in [-0.1, -0.05) is 121 Å². The van der Waals surface area contributed by atoms with Crippen LogP contribution in [0, 0.1) is 0 Å². The molecule has 0 bridgehead atoms. The average molecular weight is 641 g/mol. The number of aromatic nitrogens is 4. The summed E-state index contributed by atoms with van der Waals surface area (Å²) >= 11 is 0. The van der Waals surface area contributed by atoms with Gasteiger partial charge in [-0.05, 0) is 59.7 Å². The Bertz CT molecular complexity index is 2820. The highest BCUT2D eigenvalue weighted by molar-refractivity contribution is 6.09. The van der Waals surface area contributed by atoms with E-state index in [-0.39, 0.29) is 0 Å². The van der Waals surface area contributed by atoms with Crippen LogP contribution in [0.3, 0.4) is 0 Å². The zero-order valence-electron chi connectivity index (χ0n) is 26.9. The third-order valence-corrected chi connectivity index (χ3v) is 9.43. The van der Waals surface area contributed by atoms with Gasteiger partial charge >= 0.3 is 0 Å². The number of benzene rings is 7. The van der Waals surface area contributed by atoms with Crippen molar-refractivity contribution in [2.75, 3.05) is 0 Å². The van der Waals surface area contributed by atoms with E-state index in [1.165, 1.54) is 10.8 Å². The molecular weight excluding hydrogens is 613 g/mol. The zero-order valence-corrected chi connectivity index (χ0v) is 26.9. The quantitative estimate of drug-likeness (QED) is 0.188. The van der Waals surface area contributed by atoms with Crippen LogP contribution in [0.1, 0.15) is 0 Å². The topological polar surface area (TPSA) is 56.7 Å². The van der Waals surface area contributed by atoms with Gasteiger partial charge < -0.3 is 8.98 Å². The molecule has 0 radical (unpaired) electrons. The first-order valence-corrected chi connectivity index (χ1v) is 16.7. The Labute approximate surface area is 287 Å². The van der Waals surface area contributed by atoms with Gasteiger partial charge in [0, 0.05) is 43.9 Å². The maximum absolute atomic E-state index is 6.26. The Morgan fingerprint density at radius 3 is 1.56 bits per heavy atom. The highest BCUT2D eigenvalue weighted by Gasteiger charge is 2.18. The minimum absolute atomic E-state index is 0.583. The van der Waals surface area contributed by atoms with Gasteiger partial charge in [0.05, 0.1) is 11.0 Å². The Morgan fingerprint density at radius 2 is 0.860 bits per heavy atom. The summed E-state index contributed by atoms with van der Waals surface area (Å²) < 4.78 is 8.61. The molecule has 7 aromatic carbocycles. The van der Waals surface area contributed by atoms with Crippen molar-refractivity contribution in [2.45, 2.75) is 0 Å². The van der Waals surface area contributed by atoms with Crippen molar-refractivity contribution in [3.8, 4) is 51.0 Å². The van der Waals surface area contributed by atoms with Crippen LogP contribution in [-0.2, 0) is 0 Å². The second-order valence-electron chi connectivity index (χ2n) is 12.5. The van der Waals surface area contributed by atoms with Crippen LogP contribution in [0.15, 0.2) is 174 Å². The third kappa shape index (κ3) is 4.67. The van der Waals surface area contributed by atoms with Crippen molar-refractivity contribution in [1.82, 2.24) is 19.5 Å². The van der Waals surface area contributed by atoms with Crippen LogP contribution in [0.5, 0.6) is 0 Å². The maximum Gasteiger partial charge on any atom is 0.164 e. The van der Waals surface area contributed by atoms with Crippen molar-refractivity contribution in [2.24, 2.45) is 0 Å². The van der Waals surface area contributed by atoms with Gasteiger partial charge in [0.15, 0.2) is 17.5 Å². The van der Waals surface area contributed by atoms with E-state index in [0.717, 1.165) is 66.5 Å². The molecule has 0 atom stereocenters. The summed E-state index contributed by atoms with van der Waals surface area (Å²) in [6.07, 6.45) is 0. The Morgan fingerprint density at radius 1 is 0.340 bits per heavy atom. The van der Waals surface area contributed by atoms with Crippen molar-refractivity contribution < 1.29 is 4.42 Å². The van der Waals surface area contributed by atoms with Gasteiger partial charge in [-0.25, -0.2) is 15.0 Å². The number of hydrogen-bond donors (Lipinski definition) is 0. The normalized spacial score (nSPS) is 11.6. The molecular formula is C45H28N4O. The molecule has 0 fully saturated rings. The van der Waals surface area contributed by atoms with Crippen LogP contribution < -0.4 is 0 Å². The molecule has 0 saturated carbocycles. The van der Waals surface area contributed by atoms with Gasteiger partial charge in [-0.3, -0.25) is 0 Å². The Balaban J connectivity index is 1.23. The van der Waals surface area contributed by atoms with Crippen LogP contribution in [-0.4, -0.2) is 19.5 Å². The number of furan rings is 1. The lowest BCUT2D eigenvalue weighted by molar-refractivity contribution is 0.669. The molecule has 0 aliphatic carbocycles. The first-order valence-electron chi connectivity index (χ1n) is 16.7. The van der Waals surface area contributed by atoms with Crippen LogP contribution >= 0.6 is 0 Å². The smallest absolute Gasteiger partial charge is 0.164 e. The van der Waals surface area contributed by atoms with Gasteiger partial charge in [0.2, 0.25) is 0 Å². The lowest BCUT2D eigenvalue weighted by Gasteiger charge is -2.14. The van der Waals surface area contributed by atoms with E-state index in [4.69, 9.17) is 19.4 Å². The molecule has 10 aromatic rings. The molecule has 0 spiro atoms. The molecule has 50 heavy (non-hydrogen) atoms. The average Bonchev–Trinajstić information content (AvgIpc) is 3.74. The van der Waals surface area contributed by atoms with E-state index in [1.54, 1.807) is 0 Å². The van der Waals surface area contributed by atoms with E-state index >= 15 is 0 Å². The minimum atomic E-state index is 0.583. The summed E-state index contributed by atoms with van der Waals surface area (Å²) in [5.74, 6) is 1.79. The van der Waals surface area contributed by atoms with Crippen molar-refractivity contribution in [1.29, 1.82) is 0 Å². The molecule has 5 nitrogen and oxygen atoms in total. The van der Waals surface area contributed by atoms with Gasteiger partial charge in [0.1, 0.15) is 11.2 Å². The largest absolute Gasteiger partial charge is 0.456 e. The highest BCUT2D eigenvalue weighted by Crippen LogP contribution is 2.37. The standard InChI is InChI=1S/C45H28N4O/c1-3-13-29(14-4-1)32-25-33(27-34(26-32)49-39-20-10-7-17-35(39)36-18-8-11-21-40(36)49)45-47-43(30-15-5-2-6-16-30)46-44(48-45)31-23-24-38-37-19-9-12-22-41(37)50-42(38)28-31/h1-28H. The molecule has 0 N–H and O–H groups in total. The minimum Gasteiger partial charge on any atom is -0.456 e. The lowest BCUT2D eigenvalue weighted by atomic mass is 10.0. The van der Waals surface area contributed by atoms with Crippen molar-refractivity contribution >= 4 is 43.7 Å². The summed E-state index contributed by atoms with van der Waals surface area (Å²) in [7, 11) is 0. The van der Waals surface area contributed by atoms with E-state index in [0.29, 0.717) is 17.5 Å². The second kappa shape index (κ2) is 11.4. The first kappa shape index (κ1) is 28.2. The fourth-order valence-corrected chi connectivity index (χ4v) is 7.08. The van der Waals surface area contributed by atoms with Gasteiger partial charge in [0.25, 0.3) is 0 Å². The SMILES string of the molecule is c1ccc(-c2cc(-c3nc(-c4ccccc4)nc(-c4ccc5c(c4)oc4ccccc45)n3)cc(-n3c4ccccc4c4ccccc43)c2)cc1. The molecule has 3 heterocycles. The third-order valence-electron chi connectivity index (χ3n) is 9.43. The second-order valence-corrected chi connectivity index (χ2v) is 12.5. The van der Waals surface area contributed by atoms with Crippen LogP contribution in [0.4, 0.5) is 0 Å². The molecule has 10 rings (SSSR count). The summed E-state index contributed by atoms with van der Waals surface area (Å²) in [4.78, 5) is 15.3. The van der Waals surface area contributed by atoms with E-state index in [9.17, 15) is 0 Å². The summed E-state index contributed by atoms with van der Waals surface area (Å²) in [6, 6.07) is 58.7. The molecule has 0 amide bonds. The van der Waals surface area contributed by atoms with Gasteiger partial charge in [-0.2, -0.15) is 0 Å². The number of fused-ring (bicyclic) bond motifs is 6. The molecule has 0 unspecified atom stereocenters. The first-order chi connectivity index (χ1) is 24.8. The molecule has 5 heteroatoms. The summed E-state index contributed by atoms with van der Waals surface area (Å²) in [5, 5.41) is 4.58. The monoisotopic (exact) mass is 640 g/mol. The Hall–Kier alpha value is -6.85. The lowest BCUT2D eigenvalue weighted by Crippen LogP contribution is -2.01. The number of hydrogen-bond acceptors (Lipinski definition) is 4. The number of rotatable bonds is 5. The molecule has 0 aliphatic rings. The molecule has 234 valence electrons. The number of nitrogens with zero attached hydrogens (tertiary/aromatic N) is 4.